The van der Waals surface area contributed by atoms with Crippen molar-refractivity contribution in [3.8, 4) is 0 Å². The van der Waals surface area contributed by atoms with Gasteiger partial charge in [0, 0.05) is 42.6 Å². The molecule has 3 rings (SSSR count). The first-order chi connectivity index (χ1) is 12.5. The van der Waals surface area contributed by atoms with E-state index in [4.69, 9.17) is 11.6 Å². The van der Waals surface area contributed by atoms with E-state index in [0.717, 1.165) is 4.90 Å². The molecule has 0 radical (unpaired) electrons. The highest BCUT2D eigenvalue weighted by molar-refractivity contribution is 6.31. The normalized spacial score (nSPS) is 20.7. The molecule has 4 amide bonds. The average molecular weight is 378 g/mol. The standard InChI is InChI=1S/C18H20ClN3O4/c19-14-5-1-3-12(9-14)17(25)13-4-2-8-21(10-13)16(24)11-22-15(23)6-7-20-18(22)26/h1,3,5,9,13H,2,4,6-8,10-11H2,(H,20,26). The fourth-order valence-corrected chi connectivity index (χ4v) is 3.50. The van der Waals surface area contributed by atoms with Crippen molar-refractivity contribution >= 4 is 35.2 Å². The highest BCUT2D eigenvalue weighted by Gasteiger charge is 2.33. The van der Waals surface area contributed by atoms with Crippen LogP contribution in [-0.2, 0) is 9.59 Å². The van der Waals surface area contributed by atoms with E-state index in [1.807, 2.05) is 0 Å². The summed E-state index contributed by atoms with van der Waals surface area (Å²) in [5.74, 6) is -1.03. The largest absolute Gasteiger partial charge is 0.340 e. The van der Waals surface area contributed by atoms with Crippen LogP contribution in [0.15, 0.2) is 24.3 Å². The van der Waals surface area contributed by atoms with Gasteiger partial charge in [0.2, 0.25) is 11.8 Å². The van der Waals surface area contributed by atoms with Gasteiger partial charge in [-0.15, -0.1) is 0 Å². The van der Waals surface area contributed by atoms with Gasteiger partial charge in [0.25, 0.3) is 0 Å². The summed E-state index contributed by atoms with van der Waals surface area (Å²) in [5, 5.41) is 3.05. The molecular weight excluding hydrogens is 358 g/mol. The molecule has 1 aromatic rings. The molecule has 1 N–H and O–H groups in total. The zero-order chi connectivity index (χ0) is 18.7. The monoisotopic (exact) mass is 377 g/mol. The Balaban J connectivity index is 1.64. The Labute approximate surface area is 156 Å². The van der Waals surface area contributed by atoms with E-state index in [1.165, 1.54) is 0 Å². The number of likely N-dealkylation sites (tertiary alicyclic amines) is 1. The zero-order valence-corrected chi connectivity index (χ0v) is 15.0. The fourth-order valence-electron chi connectivity index (χ4n) is 3.31. The second kappa shape index (κ2) is 7.86. The molecule has 2 saturated heterocycles. The molecule has 0 spiro atoms. The lowest BCUT2D eigenvalue weighted by atomic mass is 9.90. The number of urea groups is 1. The summed E-state index contributed by atoms with van der Waals surface area (Å²) in [6, 6.07) is 6.23. The van der Waals surface area contributed by atoms with Crippen LogP contribution in [0.2, 0.25) is 5.02 Å². The molecule has 2 aliphatic rings. The van der Waals surface area contributed by atoms with Gasteiger partial charge in [0.1, 0.15) is 6.54 Å². The molecule has 0 aliphatic carbocycles. The third-order valence-corrected chi connectivity index (χ3v) is 4.94. The van der Waals surface area contributed by atoms with Crippen LogP contribution < -0.4 is 5.32 Å². The van der Waals surface area contributed by atoms with Crippen LogP contribution in [0.3, 0.4) is 0 Å². The molecule has 7 nitrogen and oxygen atoms in total. The van der Waals surface area contributed by atoms with Crippen LogP contribution in [0, 0.1) is 5.92 Å². The Hall–Kier alpha value is -2.41. The maximum atomic E-state index is 12.7. The topological polar surface area (TPSA) is 86.8 Å². The number of nitrogens with zero attached hydrogens (tertiary/aromatic N) is 2. The van der Waals surface area contributed by atoms with Gasteiger partial charge in [-0.1, -0.05) is 23.7 Å². The lowest BCUT2D eigenvalue weighted by Gasteiger charge is -2.34. The molecule has 8 heteroatoms. The van der Waals surface area contributed by atoms with Crippen LogP contribution in [0.5, 0.6) is 0 Å². The highest BCUT2D eigenvalue weighted by Crippen LogP contribution is 2.23. The average Bonchev–Trinajstić information content (AvgIpc) is 2.64. The number of amides is 4. The van der Waals surface area contributed by atoms with E-state index in [9.17, 15) is 19.2 Å². The number of carbonyl (C=O) groups excluding carboxylic acids is 4. The minimum Gasteiger partial charge on any atom is -0.340 e. The zero-order valence-electron chi connectivity index (χ0n) is 14.2. The van der Waals surface area contributed by atoms with Gasteiger partial charge in [-0.05, 0) is 25.0 Å². The van der Waals surface area contributed by atoms with Gasteiger partial charge in [-0.3, -0.25) is 19.3 Å². The van der Waals surface area contributed by atoms with E-state index < -0.39 is 6.03 Å². The number of hydrogen-bond acceptors (Lipinski definition) is 4. The first-order valence-corrected chi connectivity index (χ1v) is 8.99. The number of halogens is 1. The van der Waals surface area contributed by atoms with E-state index in [2.05, 4.69) is 5.32 Å². The van der Waals surface area contributed by atoms with Gasteiger partial charge < -0.3 is 10.2 Å². The Morgan fingerprint density at radius 3 is 2.81 bits per heavy atom. The number of benzene rings is 1. The van der Waals surface area contributed by atoms with Gasteiger partial charge in [-0.25, -0.2) is 4.79 Å². The summed E-state index contributed by atoms with van der Waals surface area (Å²) in [6.07, 6.45) is 1.58. The molecule has 2 fully saturated rings. The molecule has 0 bridgehead atoms. The van der Waals surface area contributed by atoms with Crippen molar-refractivity contribution in [1.29, 1.82) is 0 Å². The van der Waals surface area contributed by atoms with Gasteiger partial charge in [-0.2, -0.15) is 0 Å². The lowest BCUT2D eigenvalue weighted by Crippen LogP contribution is -2.54. The molecule has 2 heterocycles. The summed E-state index contributed by atoms with van der Waals surface area (Å²) in [4.78, 5) is 51.3. The second-order valence-electron chi connectivity index (χ2n) is 6.52. The molecule has 26 heavy (non-hydrogen) atoms. The molecular formula is C18H20ClN3O4. The number of carbonyl (C=O) groups is 4. The number of hydrogen-bond donors (Lipinski definition) is 1. The van der Waals surface area contributed by atoms with E-state index in [0.29, 0.717) is 36.5 Å². The smallest absolute Gasteiger partial charge is 0.324 e. The minimum atomic E-state index is -0.543. The minimum absolute atomic E-state index is 0.0446. The third-order valence-electron chi connectivity index (χ3n) is 4.71. The molecule has 1 atom stereocenters. The van der Waals surface area contributed by atoms with Crippen LogP contribution in [0.25, 0.3) is 0 Å². The van der Waals surface area contributed by atoms with Crippen LogP contribution in [-0.4, -0.2) is 59.6 Å². The molecule has 2 aliphatic heterocycles. The van der Waals surface area contributed by atoms with E-state index in [-0.39, 0.29) is 43.0 Å². The maximum absolute atomic E-state index is 12.7. The molecule has 0 aromatic heterocycles. The van der Waals surface area contributed by atoms with Crippen molar-refractivity contribution < 1.29 is 19.2 Å². The summed E-state index contributed by atoms with van der Waals surface area (Å²) in [5.41, 5.74) is 0.530. The third kappa shape index (κ3) is 4.04. The molecule has 0 saturated carbocycles. The quantitative estimate of drug-likeness (QED) is 0.809. The number of imide groups is 1. The Morgan fingerprint density at radius 2 is 2.08 bits per heavy atom. The van der Waals surface area contributed by atoms with Gasteiger partial charge in [0.05, 0.1) is 0 Å². The van der Waals surface area contributed by atoms with Crippen LogP contribution in [0.4, 0.5) is 4.79 Å². The fraction of sp³-hybridized carbons (Fsp3) is 0.444. The predicted molar refractivity (Wildman–Crippen MR) is 94.8 cm³/mol. The van der Waals surface area contributed by atoms with Crippen molar-refractivity contribution in [2.45, 2.75) is 19.3 Å². The second-order valence-corrected chi connectivity index (χ2v) is 6.95. The van der Waals surface area contributed by atoms with Crippen LogP contribution in [0.1, 0.15) is 29.6 Å². The summed E-state index contributed by atoms with van der Waals surface area (Å²) in [7, 11) is 0. The molecule has 138 valence electrons. The maximum Gasteiger partial charge on any atom is 0.324 e. The van der Waals surface area contributed by atoms with Crippen molar-refractivity contribution in [2.24, 2.45) is 5.92 Å². The SMILES string of the molecule is O=C(c1cccc(Cl)c1)C1CCCN(C(=O)CN2C(=O)CCNC2=O)C1. The van der Waals surface area contributed by atoms with Crippen LogP contribution >= 0.6 is 11.6 Å². The number of Topliss-reactive ketones (excluding diaryl/α,β-unsaturated/α-hetero) is 1. The van der Waals surface area contributed by atoms with Crippen molar-refractivity contribution in [3.63, 3.8) is 0 Å². The first kappa shape index (κ1) is 18.4. The number of ketones is 1. The van der Waals surface area contributed by atoms with Crippen molar-refractivity contribution in [3.05, 3.63) is 34.9 Å². The number of nitrogens with one attached hydrogen (secondary N) is 1. The Kier molecular flexibility index (Phi) is 5.56. The summed E-state index contributed by atoms with van der Waals surface area (Å²) >= 11 is 5.95. The summed E-state index contributed by atoms with van der Waals surface area (Å²) in [6.45, 7) is 0.806. The van der Waals surface area contributed by atoms with Gasteiger partial charge in [0.15, 0.2) is 5.78 Å². The first-order valence-electron chi connectivity index (χ1n) is 8.61. The van der Waals surface area contributed by atoms with E-state index in [1.54, 1.807) is 29.2 Å². The number of piperidine rings is 1. The van der Waals surface area contributed by atoms with E-state index >= 15 is 0 Å². The molecule has 1 unspecified atom stereocenters. The highest BCUT2D eigenvalue weighted by atomic mass is 35.5. The number of rotatable bonds is 4. The summed E-state index contributed by atoms with van der Waals surface area (Å²) < 4.78 is 0. The Bertz CT molecular complexity index is 736. The van der Waals surface area contributed by atoms with Gasteiger partial charge >= 0.3 is 6.03 Å². The molecule has 1 aromatic carbocycles. The Morgan fingerprint density at radius 1 is 1.27 bits per heavy atom. The predicted octanol–water partition coefficient (Wildman–Crippen LogP) is 1.70. The lowest BCUT2D eigenvalue weighted by molar-refractivity contribution is -0.139. The van der Waals surface area contributed by atoms with Crippen molar-refractivity contribution in [1.82, 2.24) is 15.1 Å². The van der Waals surface area contributed by atoms with Crippen molar-refractivity contribution in [2.75, 3.05) is 26.2 Å².